The molecule has 0 bridgehead atoms. The van der Waals surface area contributed by atoms with E-state index in [4.69, 9.17) is 5.11 Å². The van der Waals surface area contributed by atoms with Gasteiger partial charge in [0.2, 0.25) is 5.91 Å². The lowest BCUT2D eigenvalue weighted by atomic mass is 10.1. The minimum absolute atomic E-state index is 0.160. The molecule has 2 N–H and O–H groups in total. The molecule has 4 heteroatoms. The van der Waals surface area contributed by atoms with E-state index in [2.05, 4.69) is 24.4 Å². The van der Waals surface area contributed by atoms with Gasteiger partial charge in [0.05, 0.1) is 0 Å². The zero-order valence-corrected chi connectivity index (χ0v) is 16.4. The van der Waals surface area contributed by atoms with Gasteiger partial charge < -0.3 is 10.4 Å². The Morgan fingerprint density at radius 1 is 0.840 bits per heavy atom. The smallest absolute Gasteiger partial charge is 0.325 e. The molecule has 0 unspecified atom stereocenters. The Hall–Kier alpha value is -1.32. The first-order chi connectivity index (χ1) is 12.1. The Morgan fingerprint density at radius 2 is 1.32 bits per heavy atom. The van der Waals surface area contributed by atoms with Crippen molar-refractivity contribution in [2.75, 3.05) is 0 Å². The summed E-state index contributed by atoms with van der Waals surface area (Å²) in [7, 11) is 0. The van der Waals surface area contributed by atoms with E-state index >= 15 is 0 Å². The average molecular weight is 354 g/mol. The number of hydrogen-bond donors (Lipinski definition) is 2. The molecule has 0 spiro atoms. The van der Waals surface area contributed by atoms with Crippen molar-refractivity contribution in [1.29, 1.82) is 0 Å². The summed E-state index contributed by atoms with van der Waals surface area (Å²) < 4.78 is 0. The van der Waals surface area contributed by atoms with Gasteiger partial charge in [-0.1, -0.05) is 70.4 Å². The number of carboxylic acids is 1. The number of amides is 1. The van der Waals surface area contributed by atoms with Crippen molar-refractivity contribution in [2.24, 2.45) is 0 Å². The molecule has 0 aromatic rings. The number of carbonyl (C=O) groups excluding carboxylic acids is 1. The van der Waals surface area contributed by atoms with Gasteiger partial charge >= 0.3 is 5.97 Å². The van der Waals surface area contributed by atoms with E-state index < -0.39 is 12.0 Å². The number of carboxylic acid groups (broad SMARTS) is 1. The van der Waals surface area contributed by atoms with Crippen molar-refractivity contribution in [3.63, 3.8) is 0 Å². The third-order valence-corrected chi connectivity index (χ3v) is 4.41. The summed E-state index contributed by atoms with van der Waals surface area (Å²) in [5.41, 5.74) is 0. The third kappa shape index (κ3) is 17.3. The molecule has 1 amide bonds. The second-order valence-electron chi connectivity index (χ2n) is 6.96. The molecule has 0 saturated heterocycles. The highest BCUT2D eigenvalue weighted by Gasteiger charge is 2.12. The van der Waals surface area contributed by atoms with Crippen molar-refractivity contribution in [2.45, 2.75) is 110 Å². The summed E-state index contributed by atoms with van der Waals surface area (Å²) in [6.07, 6.45) is 21.0. The Labute approximate surface area is 154 Å². The van der Waals surface area contributed by atoms with Crippen LogP contribution in [0, 0.1) is 0 Å². The number of unbranched alkanes of at least 4 members (excludes halogenated alkanes) is 11. The fraction of sp³-hybridized carbons (Fsp3) is 0.810. The van der Waals surface area contributed by atoms with Gasteiger partial charge in [0.15, 0.2) is 0 Å². The zero-order valence-electron chi connectivity index (χ0n) is 16.4. The summed E-state index contributed by atoms with van der Waals surface area (Å²) in [6.45, 7) is 3.74. The highest BCUT2D eigenvalue weighted by molar-refractivity contribution is 5.83. The maximum Gasteiger partial charge on any atom is 0.325 e. The monoisotopic (exact) mass is 353 g/mol. The number of nitrogens with one attached hydrogen (secondary N) is 1. The quantitative estimate of drug-likeness (QED) is 0.264. The fourth-order valence-electron chi connectivity index (χ4n) is 2.73. The standard InChI is InChI=1S/C21H39NO3/c1-3-4-5-6-7-8-9-10-11-12-13-14-15-16-17-18-20(23)22-19(2)21(24)25/h10-11,19H,3-9,12-18H2,1-2H3,(H,22,23)(H,24,25)/t19-/m0/s1. The van der Waals surface area contributed by atoms with Gasteiger partial charge in [0.1, 0.15) is 6.04 Å². The Bertz CT molecular complexity index is 366. The molecule has 0 aliphatic rings. The number of allylic oxidation sites excluding steroid dienone is 2. The molecule has 0 aromatic carbocycles. The summed E-state index contributed by atoms with van der Waals surface area (Å²) in [4.78, 5) is 22.1. The van der Waals surface area contributed by atoms with Crippen LogP contribution in [0.15, 0.2) is 12.2 Å². The first-order valence-corrected chi connectivity index (χ1v) is 10.2. The van der Waals surface area contributed by atoms with Gasteiger partial charge in [-0.25, -0.2) is 0 Å². The van der Waals surface area contributed by atoms with E-state index in [1.165, 1.54) is 64.7 Å². The summed E-state index contributed by atoms with van der Waals surface area (Å²) in [6, 6.07) is -0.796. The maximum absolute atomic E-state index is 11.5. The predicted molar refractivity (Wildman–Crippen MR) is 105 cm³/mol. The Balaban J connectivity index is 3.29. The van der Waals surface area contributed by atoms with Crippen molar-refractivity contribution in [3.05, 3.63) is 12.2 Å². The van der Waals surface area contributed by atoms with Crippen molar-refractivity contribution < 1.29 is 14.7 Å². The van der Waals surface area contributed by atoms with Crippen LogP contribution in [-0.4, -0.2) is 23.0 Å². The van der Waals surface area contributed by atoms with Crippen molar-refractivity contribution >= 4 is 11.9 Å². The van der Waals surface area contributed by atoms with Gasteiger partial charge in [-0.2, -0.15) is 0 Å². The van der Waals surface area contributed by atoms with E-state index in [1.807, 2.05) is 0 Å². The predicted octanol–water partition coefficient (Wildman–Crippen LogP) is 5.61. The molecule has 0 radical (unpaired) electrons. The maximum atomic E-state index is 11.5. The van der Waals surface area contributed by atoms with Crippen LogP contribution in [0.3, 0.4) is 0 Å². The highest BCUT2D eigenvalue weighted by Crippen LogP contribution is 2.10. The Morgan fingerprint density at radius 3 is 1.84 bits per heavy atom. The molecular weight excluding hydrogens is 314 g/mol. The molecular formula is C21H39NO3. The van der Waals surface area contributed by atoms with E-state index in [9.17, 15) is 9.59 Å². The molecule has 0 aliphatic heterocycles. The molecule has 0 heterocycles. The molecule has 0 saturated carbocycles. The first-order valence-electron chi connectivity index (χ1n) is 10.2. The van der Waals surface area contributed by atoms with Crippen LogP contribution < -0.4 is 5.32 Å². The third-order valence-electron chi connectivity index (χ3n) is 4.41. The molecule has 4 nitrogen and oxygen atoms in total. The molecule has 146 valence electrons. The number of carbonyl (C=O) groups is 2. The molecule has 1 atom stereocenters. The lowest BCUT2D eigenvalue weighted by molar-refractivity contribution is -0.141. The molecule has 0 rings (SSSR count). The lowest BCUT2D eigenvalue weighted by Gasteiger charge is -2.08. The number of hydrogen-bond acceptors (Lipinski definition) is 2. The van der Waals surface area contributed by atoms with Crippen molar-refractivity contribution in [3.8, 4) is 0 Å². The fourth-order valence-corrected chi connectivity index (χ4v) is 2.73. The van der Waals surface area contributed by atoms with Crippen LogP contribution in [0.1, 0.15) is 104 Å². The van der Waals surface area contributed by atoms with Gasteiger partial charge in [-0.3, -0.25) is 9.59 Å². The Kier molecular flexibility index (Phi) is 16.6. The lowest BCUT2D eigenvalue weighted by Crippen LogP contribution is -2.38. The second kappa shape index (κ2) is 17.5. The van der Waals surface area contributed by atoms with Gasteiger partial charge in [-0.15, -0.1) is 0 Å². The van der Waals surface area contributed by atoms with E-state index in [-0.39, 0.29) is 5.91 Å². The summed E-state index contributed by atoms with van der Waals surface area (Å²) >= 11 is 0. The molecule has 25 heavy (non-hydrogen) atoms. The van der Waals surface area contributed by atoms with Crippen LogP contribution in [0.5, 0.6) is 0 Å². The second-order valence-corrected chi connectivity index (χ2v) is 6.96. The van der Waals surface area contributed by atoms with Crippen LogP contribution >= 0.6 is 0 Å². The van der Waals surface area contributed by atoms with Crippen LogP contribution in [0.2, 0.25) is 0 Å². The molecule has 0 aromatic heterocycles. The molecule has 0 fully saturated rings. The van der Waals surface area contributed by atoms with Gasteiger partial charge in [0, 0.05) is 6.42 Å². The van der Waals surface area contributed by atoms with Crippen LogP contribution in [0.4, 0.5) is 0 Å². The average Bonchev–Trinajstić information content (AvgIpc) is 2.58. The van der Waals surface area contributed by atoms with E-state index in [1.54, 1.807) is 0 Å². The van der Waals surface area contributed by atoms with E-state index in [0.717, 1.165) is 25.7 Å². The minimum Gasteiger partial charge on any atom is -0.480 e. The number of aliphatic carboxylic acids is 1. The summed E-state index contributed by atoms with van der Waals surface area (Å²) in [5.74, 6) is -1.15. The first kappa shape index (κ1) is 23.7. The highest BCUT2D eigenvalue weighted by atomic mass is 16.4. The topological polar surface area (TPSA) is 66.4 Å². The van der Waals surface area contributed by atoms with Crippen molar-refractivity contribution in [1.82, 2.24) is 5.32 Å². The normalized spacial score (nSPS) is 12.4. The largest absolute Gasteiger partial charge is 0.480 e. The van der Waals surface area contributed by atoms with Crippen LogP contribution in [0.25, 0.3) is 0 Å². The zero-order chi connectivity index (χ0) is 18.8. The van der Waals surface area contributed by atoms with Gasteiger partial charge in [0.25, 0.3) is 0 Å². The summed E-state index contributed by atoms with van der Waals surface area (Å²) in [5, 5.41) is 11.2. The SMILES string of the molecule is CCCCCCCCC=CCCCCCCCC(=O)N[C@@H](C)C(=O)O. The van der Waals surface area contributed by atoms with Gasteiger partial charge in [-0.05, 0) is 39.0 Å². The number of rotatable bonds is 17. The van der Waals surface area contributed by atoms with E-state index in [0.29, 0.717) is 6.42 Å². The van der Waals surface area contributed by atoms with Crippen LogP contribution in [-0.2, 0) is 9.59 Å². The molecule has 0 aliphatic carbocycles. The minimum atomic E-state index is -0.988.